The van der Waals surface area contributed by atoms with Crippen LogP contribution in [0.4, 0.5) is 17.1 Å². The van der Waals surface area contributed by atoms with E-state index >= 15 is 0 Å². The summed E-state index contributed by atoms with van der Waals surface area (Å²) in [6.07, 6.45) is 5.62. The quantitative estimate of drug-likeness (QED) is 0.482. The van der Waals surface area contributed by atoms with Gasteiger partial charge in [0.1, 0.15) is 0 Å². The number of pyridine rings is 1. The van der Waals surface area contributed by atoms with Gasteiger partial charge in [-0.2, -0.15) is 0 Å². The van der Waals surface area contributed by atoms with Crippen molar-refractivity contribution in [2.24, 2.45) is 0 Å². The highest BCUT2D eigenvalue weighted by molar-refractivity contribution is 6.06. The molecule has 4 rings (SSSR count). The average Bonchev–Trinajstić information content (AvgIpc) is 2.76. The van der Waals surface area contributed by atoms with Crippen molar-refractivity contribution in [3.8, 4) is 11.1 Å². The van der Waals surface area contributed by atoms with E-state index in [0.717, 1.165) is 42.7 Å². The molecule has 0 spiro atoms. The fraction of sp³-hybridized carbons (Fsp3) is 0.250. The van der Waals surface area contributed by atoms with E-state index < -0.39 is 0 Å². The van der Waals surface area contributed by atoms with Crippen molar-refractivity contribution in [3.05, 3.63) is 72.6 Å². The number of aromatic nitrogens is 1. The summed E-state index contributed by atoms with van der Waals surface area (Å²) in [6.45, 7) is 4.28. The van der Waals surface area contributed by atoms with E-state index in [1.165, 1.54) is 0 Å². The van der Waals surface area contributed by atoms with Crippen LogP contribution >= 0.6 is 0 Å². The number of carbonyl (C=O) groups is 1. The largest absolute Gasteiger partial charge is 0.397 e. The first-order valence-corrected chi connectivity index (χ1v) is 10.2. The molecular weight excluding hydrogens is 374 g/mol. The van der Waals surface area contributed by atoms with Crippen LogP contribution in [0.25, 0.3) is 11.1 Å². The number of amides is 1. The summed E-state index contributed by atoms with van der Waals surface area (Å²) in [5.41, 5.74) is 10.9. The van der Waals surface area contributed by atoms with Gasteiger partial charge in [0.05, 0.1) is 11.4 Å². The van der Waals surface area contributed by atoms with Gasteiger partial charge in [0.15, 0.2) is 0 Å². The van der Waals surface area contributed by atoms with Crippen molar-refractivity contribution in [3.63, 3.8) is 0 Å². The third kappa shape index (κ3) is 4.60. The van der Waals surface area contributed by atoms with Crippen LogP contribution in [0.2, 0.25) is 0 Å². The average molecular weight is 402 g/mol. The van der Waals surface area contributed by atoms with Gasteiger partial charge >= 0.3 is 0 Å². The summed E-state index contributed by atoms with van der Waals surface area (Å²) in [6, 6.07) is 17.1. The number of nitrogens with two attached hydrogens (primary N) is 1. The Hall–Kier alpha value is -3.38. The first-order chi connectivity index (χ1) is 14.5. The molecule has 154 valence electrons. The highest BCUT2D eigenvalue weighted by Gasteiger charge is 2.26. The van der Waals surface area contributed by atoms with E-state index in [1.807, 2.05) is 48.5 Å². The molecule has 1 aliphatic rings. The fourth-order valence-corrected chi connectivity index (χ4v) is 3.74. The minimum absolute atomic E-state index is 0.0802. The topological polar surface area (TPSA) is 92.1 Å². The molecule has 0 radical (unpaired) electrons. The van der Waals surface area contributed by atoms with E-state index in [2.05, 4.69) is 27.9 Å². The zero-order chi connectivity index (χ0) is 21.0. The lowest BCUT2D eigenvalue weighted by atomic mass is 9.90. The van der Waals surface area contributed by atoms with Gasteiger partial charge in [-0.15, -0.1) is 0 Å². The second-order valence-corrected chi connectivity index (χ2v) is 8.01. The van der Waals surface area contributed by atoms with Crippen molar-refractivity contribution < 1.29 is 4.79 Å². The molecule has 1 aliphatic heterocycles. The zero-order valence-electron chi connectivity index (χ0n) is 17.1. The third-order valence-electron chi connectivity index (χ3n) is 5.62. The second-order valence-electron chi connectivity index (χ2n) is 8.01. The summed E-state index contributed by atoms with van der Waals surface area (Å²) in [7, 11) is 0. The van der Waals surface area contributed by atoms with Gasteiger partial charge in [0.25, 0.3) is 5.91 Å². The Kier molecular flexibility index (Phi) is 5.68. The number of carbonyl (C=O) groups excluding carboxylic acids is 1. The summed E-state index contributed by atoms with van der Waals surface area (Å²) in [5.74, 6) is -0.187. The minimum atomic E-state index is -0.187. The van der Waals surface area contributed by atoms with Gasteiger partial charge in [-0.05, 0) is 92.5 Å². The molecule has 1 fully saturated rings. The maximum atomic E-state index is 12.8. The summed E-state index contributed by atoms with van der Waals surface area (Å²) >= 11 is 0. The van der Waals surface area contributed by atoms with Crippen LogP contribution in [0.1, 0.15) is 30.1 Å². The first-order valence-electron chi connectivity index (χ1n) is 10.2. The van der Waals surface area contributed by atoms with Crippen LogP contribution < -0.4 is 21.7 Å². The lowest BCUT2D eigenvalue weighted by molar-refractivity contribution is 0.102. The Morgan fingerprint density at radius 1 is 1.00 bits per heavy atom. The number of benzene rings is 2. The smallest absolute Gasteiger partial charge is 0.255 e. The maximum absolute atomic E-state index is 12.8. The molecule has 5 N–H and O–H groups in total. The first kappa shape index (κ1) is 19.9. The molecule has 0 aliphatic carbocycles. The van der Waals surface area contributed by atoms with E-state index in [4.69, 9.17) is 5.73 Å². The lowest BCUT2D eigenvalue weighted by Gasteiger charge is -2.36. The Morgan fingerprint density at radius 2 is 1.70 bits per heavy atom. The molecule has 1 aromatic heterocycles. The normalized spacial score (nSPS) is 15.4. The summed E-state index contributed by atoms with van der Waals surface area (Å²) in [5, 5.41) is 9.93. The van der Waals surface area contributed by atoms with E-state index in [-0.39, 0.29) is 11.4 Å². The van der Waals surface area contributed by atoms with Crippen LogP contribution in [0.15, 0.2) is 67.0 Å². The molecule has 0 atom stereocenters. The Bertz CT molecular complexity index is 1010. The molecule has 6 heteroatoms. The van der Waals surface area contributed by atoms with Gasteiger partial charge in [0.2, 0.25) is 0 Å². The van der Waals surface area contributed by atoms with Gasteiger partial charge in [0, 0.05) is 29.2 Å². The van der Waals surface area contributed by atoms with Gasteiger partial charge in [-0.1, -0.05) is 6.07 Å². The van der Waals surface area contributed by atoms with Crippen molar-refractivity contribution in [1.29, 1.82) is 0 Å². The molecular formula is C24H27N5O. The number of nitrogens with zero attached hydrogens (tertiary/aromatic N) is 1. The number of nitrogen functional groups attached to an aromatic ring is 1. The van der Waals surface area contributed by atoms with Crippen molar-refractivity contribution in [1.82, 2.24) is 10.3 Å². The molecule has 0 bridgehead atoms. The predicted molar refractivity (Wildman–Crippen MR) is 123 cm³/mol. The molecule has 6 nitrogen and oxygen atoms in total. The van der Waals surface area contributed by atoms with Crippen LogP contribution in [0.3, 0.4) is 0 Å². The SMILES string of the molecule is CC1(Nc2ccc(C(=O)Nc3cc(-c4ccncc4)ccc3N)cc2)CCNCC1. The Balaban J connectivity index is 1.46. The molecule has 0 saturated carbocycles. The van der Waals surface area contributed by atoms with Crippen LogP contribution in [-0.2, 0) is 0 Å². The predicted octanol–water partition coefficient (Wildman–Crippen LogP) is 4.14. The third-order valence-corrected chi connectivity index (χ3v) is 5.62. The second kappa shape index (κ2) is 8.55. The van der Waals surface area contributed by atoms with Crippen molar-refractivity contribution >= 4 is 23.0 Å². The van der Waals surface area contributed by atoms with Crippen LogP contribution in [-0.4, -0.2) is 29.5 Å². The van der Waals surface area contributed by atoms with Gasteiger partial charge in [-0.25, -0.2) is 0 Å². The standard InChI is InChI=1S/C24H27N5O/c1-24(10-14-27-15-11-24)29-20-5-2-18(3-6-20)23(30)28-22-16-19(4-7-21(22)25)17-8-12-26-13-9-17/h2-9,12-13,16,27,29H,10-11,14-15,25H2,1H3,(H,28,30). The van der Waals surface area contributed by atoms with E-state index in [1.54, 1.807) is 18.5 Å². The van der Waals surface area contributed by atoms with Crippen LogP contribution in [0.5, 0.6) is 0 Å². The molecule has 2 heterocycles. The lowest BCUT2D eigenvalue weighted by Crippen LogP contribution is -2.45. The van der Waals surface area contributed by atoms with E-state index in [9.17, 15) is 4.79 Å². The highest BCUT2D eigenvalue weighted by atomic mass is 16.1. The molecule has 0 unspecified atom stereocenters. The number of nitrogens with one attached hydrogen (secondary N) is 3. The Morgan fingerprint density at radius 3 is 2.40 bits per heavy atom. The monoisotopic (exact) mass is 401 g/mol. The molecule has 30 heavy (non-hydrogen) atoms. The molecule has 1 saturated heterocycles. The van der Waals surface area contributed by atoms with Gasteiger partial charge < -0.3 is 21.7 Å². The fourth-order valence-electron chi connectivity index (χ4n) is 3.74. The maximum Gasteiger partial charge on any atom is 0.255 e. The Labute approximate surface area is 176 Å². The number of rotatable bonds is 5. The zero-order valence-corrected chi connectivity index (χ0v) is 17.1. The highest BCUT2D eigenvalue weighted by Crippen LogP contribution is 2.28. The van der Waals surface area contributed by atoms with Crippen LogP contribution in [0, 0.1) is 0 Å². The van der Waals surface area contributed by atoms with Crippen molar-refractivity contribution in [2.45, 2.75) is 25.3 Å². The van der Waals surface area contributed by atoms with Crippen molar-refractivity contribution in [2.75, 3.05) is 29.5 Å². The molecule has 2 aromatic carbocycles. The van der Waals surface area contributed by atoms with Gasteiger partial charge in [-0.3, -0.25) is 9.78 Å². The molecule has 3 aromatic rings. The number of hydrogen-bond donors (Lipinski definition) is 4. The summed E-state index contributed by atoms with van der Waals surface area (Å²) < 4.78 is 0. The summed E-state index contributed by atoms with van der Waals surface area (Å²) in [4.78, 5) is 16.8. The number of hydrogen-bond acceptors (Lipinski definition) is 5. The number of piperidine rings is 1. The minimum Gasteiger partial charge on any atom is -0.397 e. The molecule has 1 amide bonds. The van der Waals surface area contributed by atoms with E-state index in [0.29, 0.717) is 16.9 Å². The number of anilines is 3.